The molecule has 4 rings (SSSR count). The van der Waals surface area contributed by atoms with Crippen LogP contribution in [0.2, 0.25) is 0 Å². The van der Waals surface area contributed by atoms with Crippen molar-refractivity contribution in [1.29, 1.82) is 0 Å². The molecular weight excluding hydrogens is 452 g/mol. The molecule has 1 nitrogen and oxygen atoms in total. The predicted molar refractivity (Wildman–Crippen MR) is 105 cm³/mol. The summed E-state index contributed by atoms with van der Waals surface area (Å²) in [4.78, 5) is 2.18. The maximum Gasteiger partial charge on any atom is 2.00 e. The SMILES string of the molecule is CN(C)c1cc[c-]c2c1-c1ccccc1C2.C[CH-]C.[C-]1=CC=CC1.[Cl-].[Cl-].[Zr+2]. The molecule has 144 valence electrons. The van der Waals surface area contributed by atoms with Gasteiger partial charge in [-0.15, -0.1) is 23.6 Å². The first-order chi connectivity index (χ1) is 11.7. The Labute approximate surface area is 196 Å². The van der Waals surface area contributed by atoms with Crippen LogP contribution in [0.4, 0.5) is 5.69 Å². The first-order valence-electron chi connectivity index (χ1n) is 8.44. The number of nitrogens with zero attached hydrogens (tertiary/aromatic N) is 1. The van der Waals surface area contributed by atoms with Crippen LogP contribution in [0.3, 0.4) is 0 Å². The quantitative estimate of drug-likeness (QED) is 0.433. The number of allylic oxidation sites excluding steroid dienone is 4. The van der Waals surface area contributed by atoms with E-state index in [1.807, 2.05) is 38.5 Å². The van der Waals surface area contributed by atoms with Gasteiger partial charge in [-0.3, -0.25) is 6.08 Å². The largest absolute Gasteiger partial charge is 2.00 e. The average molecular weight is 479 g/mol. The van der Waals surface area contributed by atoms with E-state index in [4.69, 9.17) is 0 Å². The Morgan fingerprint density at radius 2 is 1.70 bits per heavy atom. The number of rotatable bonds is 1. The summed E-state index contributed by atoms with van der Waals surface area (Å²) in [7, 11) is 4.19. The van der Waals surface area contributed by atoms with E-state index in [0.29, 0.717) is 0 Å². The van der Waals surface area contributed by atoms with Crippen LogP contribution in [-0.4, -0.2) is 14.1 Å². The maximum atomic E-state index is 3.36. The third-order valence-electron chi connectivity index (χ3n) is 3.78. The monoisotopic (exact) mass is 476 g/mol. The first-order valence-corrected chi connectivity index (χ1v) is 8.44. The predicted octanol–water partition coefficient (Wildman–Crippen LogP) is -0.334. The Bertz CT molecular complexity index is 714. The molecule has 0 atom stereocenters. The van der Waals surface area contributed by atoms with Gasteiger partial charge in [0.2, 0.25) is 0 Å². The number of hydrogen-bond donors (Lipinski definition) is 0. The molecule has 2 aliphatic rings. The van der Waals surface area contributed by atoms with Crippen molar-refractivity contribution in [2.45, 2.75) is 26.7 Å². The summed E-state index contributed by atoms with van der Waals surface area (Å²) in [6.45, 7) is 4.00. The van der Waals surface area contributed by atoms with Gasteiger partial charge >= 0.3 is 26.2 Å². The van der Waals surface area contributed by atoms with Crippen LogP contribution in [0.25, 0.3) is 11.1 Å². The molecule has 0 aromatic heterocycles. The standard InChI is InChI=1S/C15H14N.C5H5.C3H7.2ClH.Zr/c1-16(2)14-9-5-7-12-10-11-6-3-4-8-13(11)15(12)14;1-2-4-5-3-1;1-3-2;;;/h3-6,8-9H,10H2,1-2H3;1-3H,4H2;3H,1-2H3;2*1H;/q3*-1;;;+2/p-2. The van der Waals surface area contributed by atoms with E-state index < -0.39 is 0 Å². The van der Waals surface area contributed by atoms with Gasteiger partial charge in [-0.05, 0) is 6.42 Å². The topological polar surface area (TPSA) is 3.24 Å². The van der Waals surface area contributed by atoms with Gasteiger partial charge in [0, 0.05) is 14.1 Å². The van der Waals surface area contributed by atoms with Gasteiger partial charge in [0.25, 0.3) is 0 Å². The molecule has 27 heavy (non-hydrogen) atoms. The normalized spacial score (nSPS) is 11.1. The van der Waals surface area contributed by atoms with Crippen LogP contribution in [0.5, 0.6) is 0 Å². The van der Waals surface area contributed by atoms with E-state index in [1.165, 1.54) is 27.9 Å². The summed E-state index contributed by atoms with van der Waals surface area (Å²) in [5.41, 5.74) is 6.77. The molecule has 0 radical (unpaired) electrons. The fraction of sp³-hybridized carbons (Fsp3) is 0.261. The number of anilines is 1. The van der Waals surface area contributed by atoms with E-state index in [1.54, 1.807) is 0 Å². The summed E-state index contributed by atoms with van der Waals surface area (Å²) in [5.74, 6) is 0. The molecule has 0 aliphatic heterocycles. The van der Waals surface area contributed by atoms with Crippen molar-refractivity contribution in [3.8, 4) is 11.1 Å². The van der Waals surface area contributed by atoms with E-state index in [2.05, 4.69) is 67.5 Å². The second-order valence-corrected chi connectivity index (χ2v) is 6.03. The van der Waals surface area contributed by atoms with Gasteiger partial charge in [0.15, 0.2) is 0 Å². The molecular formula is C23H26Cl2NZr-3. The second kappa shape index (κ2) is 15.1. The molecule has 0 N–H and O–H groups in total. The van der Waals surface area contributed by atoms with Crippen LogP contribution < -0.4 is 29.7 Å². The summed E-state index contributed by atoms with van der Waals surface area (Å²) < 4.78 is 0. The van der Waals surface area contributed by atoms with Crippen LogP contribution in [0.15, 0.2) is 54.6 Å². The minimum atomic E-state index is 0. The summed E-state index contributed by atoms with van der Waals surface area (Å²) in [6.07, 6.45) is 13.0. The third kappa shape index (κ3) is 7.98. The number of halogens is 2. The molecule has 0 bridgehead atoms. The van der Waals surface area contributed by atoms with Crippen molar-refractivity contribution in [3.63, 3.8) is 0 Å². The molecule has 0 saturated heterocycles. The average Bonchev–Trinajstić information content (AvgIpc) is 3.26. The van der Waals surface area contributed by atoms with E-state index in [9.17, 15) is 0 Å². The molecule has 0 saturated carbocycles. The Hall–Kier alpha value is -0.817. The van der Waals surface area contributed by atoms with Gasteiger partial charge in [0.05, 0.1) is 0 Å². The van der Waals surface area contributed by atoms with Crippen molar-refractivity contribution in [2.24, 2.45) is 0 Å². The van der Waals surface area contributed by atoms with Gasteiger partial charge in [-0.1, -0.05) is 41.1 Å². The smallest absolute Gasteiger partial charge is 1.00 e. The molecule has 0 fully saturated rings. The Balaban J connectivity index is 0. The van der Waals surface area contributed by atoms with Crippen LogP contribution >= 0.6 is 0 Å². The van der Waals surface area contributed by atoms with Gasteiger partial charge in [0.1, 0.15) is 0 Å². The minimum Gasteiger partial charge on any atom is -1.00 e. The summed E-state index contributed by atoms with van der Waals surface area (Å²) in [5, 5.41) is 0. The molecule has 0 heterocycles. The second-order valence-electron chi connectivity index (χ2n) is 6.03. The first kappa shape index (κ1) is 28.4. The fourth-order valence-corrected chi connectivity index (χ4v) is 2.79. The minimum absolute atomic E-state index is 0. The number of fused-ring (bicyclic) bond motifs is 3. The van der Waals surface area contributed by atoms with Crippen molar-refractivity contribution in [1.82, 2.24) is 0 Å². The van der Waals surface area contributed by atoms with E-state index in [0.717, 1.165) is 12.8 Å². The van der Waals surface area contributed by atoms with Crippen molar-refractivity contribution < 1.29 is 51.0 Å². The zero-order valence-electron chi connectivity index (χ0n) is 16.4. The molecule has 2 aliphatic carbocycles. The van der Waals surface area contributed by atoms with Crippen LogP contribution in [-0.2, 0) is 32.6 Å². The zero-order valence-corrected chi connectivity index (χ0v) is 20.4. The summed E-state index contributed by atoms with van der Waals surface area (Å²) in [6, 6.07) is 16.2. The molecule has 4 heteroatoms. The van der Waals surface area contributed by atoms with E-state index in [-0.39, 0.29) is 51.0 Å². The van der Waals surface area contributed by atoms with Gasteiger partial charge in [-0.2, -0.15) is 32.1 Å². The fourth-order valence-electron chi connectivity index (χ4n) is 2.79. The Morgan fingerprint density at radius 1 is 1.04 bits per heavy atom. The Kier molecular flexibility index (Phi) is 15.9. The Morgan fingerprint density at radius 3 is 2.22 bits per heavy atom. The van der Waals surface area contributed by atoms with Crippen molar-refractivity contribution in [3.05, 3.63) is 84.3 Å². The molecule has 0 unspecified atom stereocenters. The van der Waals surface area contributed by atoms with Crippen LogP contribution in [0.1, 0.15) is 31.4 Å². The van der Waals surface area contributed by atoms with Gasteiger partial charge < -0.3 is 36.1 Å². The van der Waals surface area contributed by atoms with E-state index >= 15 is 0 Å². The molecule has 2 aromatic carbocycles. The maximum absolute atomic E-state index is 3.36. The molecule has 2 aromatic rings. The molecule has 0 spiro atoms. The third-order valence-corrected chi connectivity index (χ3v) is 3.78. The zero-order chi connectivity index (χ0) is 17.4. The molecule has 0 amide bonds. The van der Waals surface area contributed by atoms with Crippen molar-refractivity contribution >= 4 is 5.69 Å². The number of benzene rings is 2. The summed E-state index contributed by atoms with van der Waals surface area (Å²) >= 11 is 0. The van der Waals surface area contributed by atoms with Gasteiger partial charge in [-0.25, -0.2) is 12.2 Å². The van der Waals surface area contributed by atoms with Crippen molar-refractivity contribution in [2.75, 3.05) is 19.0 Å². The van der Waals surface area contributed by atoms with Crippen LogP contribution in [0, 0.1) is 18.6 Å². The number of hydrogen-bond acceptors (Lipinski definition) is 1.